The zero-order valence-corrected chi connectivity index (χ0v) is 7.95. The molecule has 4 nitrogen and oxygen atoms in total. The second-order valence-electron chi connectivity index (χ2n) is 3.66. The van der Waals surface area contributed by atoms with E-state index in [0.717, 1.165) is 0 Å². The Kier molecular flexibility index (Phi) is 2.64. The van der Waals surface area contributed by atoms with Gasteiger partial charge in [0.15, 0.2) is 12.5 Å². The minimum absolute atomic E-state index is 0.458. The average Bonchev–Trinajstić information content (AvgIpc) is 2.27. The summed E-state index contributed by atoms with van der Waals surface area (Å²) < 4.78 is 23.2. The molecule has 1 aliphatic heterocycles. The molecule has 0 bridgehead atoms. The number of alkyl halides is 1. The van der Waals surface area contributed by atoms with Crippen molar-refractivity contribution in [3.05, 3.63) is 0 Å². The van der Waals surface area contributed by atoms with E-state index >= 15 is 0 Å². The van der Waals surface area contributed by atoms with Crippen molar-refractivity contribution in [3.63, 3.8) is 0 Å². The molecule has 0 aliphatic carbocycles. The molecular weight excluding hydrogens is 179 g/mol. The lowest BCUT2D eigenvalue weighted by atomic mass is 9.85. The second-order valence-corrected chi connectivity index (χ2v) is 3.66. The summed E-state index contributed by atoms with van der Waals surface area (Å²) in [6.07, 6.45) is -2.78. The van der Waals surface area contributed by atoms with Gasteiger partial charge in [-0.05, 0) is 13.8 Å². The van der Waals surface area contributed by atoms with Crippen LogP contribution in [-0.4, -0.2) is 47.6 Å². The van der Waals surface area contributed by atoms with Gasteiger partial charge in [0.25, 0.3) is 0 Å². The lowest BCUT2D eigenvalue weighted by Gasteiger charge is -2.33. The van der Waals surface area contributed by atoms with Crippen LogP contribution in [0.2, 0.25) is 0 Å². The zero-order valence-electron chi connectivity index (χ0n) is 7.95. The first-order valence-electron chi connectivity index (χ1n) is 4.07. The molecule has 4 atom stereocenters. The normalized spacial score (nSPS) is 51.2. The number of methoxy groups -OCH3 is 1. The maximum atomic E-state index is 13.4. The molecular formula is C8H15FO4. The van der Waals surface area contributed by atoms with Gasteiger partial charge in [0.1, 0.15) is 11.2 Å². The molecule has 0 aromatic heterocycles. The number of aliphatic hydroxyl groups excluding tert-OH is 1. The molecule has 1 saturated heterocycles. The first kappa shape index (κ1) is 10.8. The van der Waals surface area contributed by atoms with Crippen LogP contribution >= 0.6 is 0 Å². The van der Waals surface area contributed by atoms with Gasteiger partial charge in [0.05, 0.1) is 6.61 Å². The fraction of sp³-hybridized carbons (Fsp3) is 1.00. The Morgan fingerprint density at radius 2 is 2.08 bits per heavy atom. The van der Waals surface area contributed by atoms with Gasteiger partial charge in [-0.1, -0.05) is 0 Å². The number of ether oxygens (including phenoxy) is 2. The maximum absolute atomic E-state index is 13.4. The Balaban J connectivity index is 2.92. The molecule has 1 heterocycles. The summed E-state index contributed by atoms with van der Waals surface area (Å²) in [6, 6.07) is 0. The van der Waals surface area contributed by atoms with Crippen LogP contribution in [0.1, 0.15) is 13.8 Å². The Bertz CT molecular complexity index is 194. The van der Waals surface area contributed by atoms with Crippen molar-refractivity contribution < 1.29 is 24.1 Å². The van der Waals surface area contributed by atoms with Crippen LogP contribution in [0.25, 0.3) is 0 Å². The fourth-order valence-electron chi connectivity index (χ4n) is 1.36. The molecule has 78 valence electrons. The van der Waals surface area contributed by atoms with E-state index in [4.69, 9.17) is 9.84 Å². The summed E-state index contributed by atoms with van der Waals surface area (Å²) in [5.41, 5.74) is -3.05. The number of aliphatic hydroxyl groups is 2. The number of hydrogen-bond donors (Lipinski definition) is 2. The Hall–Kier alpha value is -0.230. The van der Waals surface area contributed by atoms with Gasteiger partial charge in [-0.15, -0.1) is 0 Å². The monoisotopic (exact) mass is 194 g/mol. The van der Waals surface area contributed by atoms with Crippen LogP contribution < -0.4 is 0 Å². The fourth-order valence-corrected chi connectivity index (χ4v) is 1.36. The van der Waals surface area contributed by atoms with Crippen molar-refractivity contribution in [2.24, 2.45) is 0 Å². The van der Waals surface area contributed by atoms with Crippen molar-refractivity contribution in [1.82, 2.24) is 0 Å². The van der Waals surface area contributed by atoms with Gasteiger partial charge < -0.3 is 19.7 Å². The molecule has 5 heteroatoms. The summed E-state index contributed by atoms with van der Waals surface area (Å²) in [5.74, 6) is 0. The number of rotatable bonds is 2. The summed E-state index contributed by atoms with van der Waals surface area (Å²) in [6.45, 7) is 2.27. The zero-order chi connectivity index (χ0) is 10.3. The van der Waals surface area contributed by atoms with Crippen molar-refractivity contribution in [2.45, 2.75) is 37.5 Å². The molecule has 2 N–H and O–H groups in total. The van der Waals surface area contributed by atoms with Crippen molar-refractivity contribution >= 4 is 0 Å². The van der Waals surface area contributed by atoms with Crippen LogP contribution in [0.4, 0.5) is 4.39 Å². The van der Waals surface area contributed by atoms with Crippen LogP contribution in [0.3, 0.4) is 0 Å². The Labute approximate surface area is 76.3 Å². The maximum Gasteiger partial charge on any atom is 0.192 e. The summed E-state index contributed by atoms with van der Waals surface area (Å²) in [4.78, 5) is 0. The van der Waals surface area contributed by atoms with Crippen molar-refractivity contribution in [1.29, 1.82) is 0 Å². The van der Waals surface area contributed by atoms with Gasteiger partial charge in [-0.3, -0.25) is 0 Å². The molecule has 2 unspecified atom stereocenters. The molecule has 0 spiro atoms. The molecule has 1 aliphatic rings. The van der Waals surface area contributed by atoms with Crippen LogP contribution in [0.15, 0.2) is 0 Å². The average molecular weight is 194 g/mol. The number of halogens is 1. The van der Waals surface area contributed by atoms with E-state index in [2.05, 4.69) is 4.74 Å². The second kappa shape index (κ2) is 3.16. The minimum atomic E-state index is -1.73. The van der Waals surface area contributed by atoms with Gasteiger partial charge in [-0.25, -0.2) is 4.39 Å². The predicted octanol–water partition coefficient (Wildman–Crippen LogP) is -0.171. The lowest BCUT2D eigenvalue weighted by molar-refractivity contribution is -0.186. The first-order valence-corrected chi connectivity index (χ1v) is 4.07. The quantitative estimate of drug-likeness (QED) is 0.640. The highest BCUT2D eigenvalue weighted by Crippen LogP contribution is 2.41. The van der Waals surface area contributed by atoms with E-state index in [0.29, 0.717) is 0 Å². The van der Waals surface area contributed by atoms with Crippen LogP contribution in [-0.2, 0) is 9.47 Å². The highest BCUT2D eigenvalue weighted by molar-refractivity contribution is 5.06. The van der Waals surface area contributed by atoms with Gasteiger partial charge in [0.2, 0.25) is 0 Å². The number of hydrogen-bond acceptors (Lipinski definition) is 4. The molecule has 0 radical (unpaired) electrons. The molecule has 0 aromatic rings. The third-order valence-corrected chi connectivity index (χ3v) is 2.76. The van der Waals surface area contributed by atoms with Crippen LogP contribution in [0.5, 0.6) is 0 Å². The topological polar surface area (TPSA) is 58.9 Å². The van der Waals surface area contributed by atoms with E-state index in [1.165, 1.54) is 21.0 Å². The van der Waals surface area contributed by atoms with E-state index in [-0.39, 0.29) is 0 Å². The molecule has 1 fully saturated rings. The smallest absolute Gasteiger partial charge is 0.192 e. The molecule has 1 rings (SSSR count). The van der Waals surface area contributed by atoms with Crippen molar-refractivity contribution in [3.8, 4) is 0 Å². The summed E-state index contributed by atoms with van der Waals surface area (Å²) in [5, 5.41) is 18.7. The van der Waals surface area contributed by atoms with Gasteiger partial charge in [0, 0.05) is 7.11 Å². The Morgan fingerprint density at radius 3 is 2.31 bits per heavy atom. The van der Waals surface area contributed by atoms with Crippen LogP contribution in [0, 0.1) is 0 Å². The highest BCUT2D eigenvalue weighted by atomic mass is 19.1. The van der Waals surface area contributed by atoms with Crippen molar-refractivity contribution in [2.75, 3.05) is 13.7 Å². The van der Waals surface area contributed by atoms with E-state index < -0.39 is 30.3 Å². The lowest BCUT2D eigenvalue weighted by Crippen LogP contribution is -2.53. The molecule has 0 aromatic carbocycles. The van der Waals surface area contributed by atoms with Gasteiger partial charge >= 0.3 is 0 Å². The SMILES string of the molecule is COC1O[C@](C)(CO)C(C)(O)[C@H]1F. The molecule has 13 heavy (non-hydrogen) atoms. The van der Waals surface area contributed by atoms with E-state index in [9.17, 15) is 9.50 Å². The summed E-state index contributed by atoms with van der Waals surface area (Å²) in [7, 11) is 1.29. The molecule has 0 amide bonds. The first-order chi connectivity index (χ1) is 5.89. The van der Waals surface area contributed by atoms with E-state index in [1.54, 1.807) is 0 Å². The minimum Gasteiger partial charge on any atom is -0.393 e. The third kappa shape index (κ3) is 1.36. The molecule has 0 saturated carbocycles. The Morgan fingerprint density at radius 1 is 1.54 bits per heavy atom. The van der Waals surface area contributed by atoms with E-state index in [1.807, 2.05) is 0 Å². The largest absolute Gasteiger partial charge is 0.393 e. The predicted molar refractivity (Wildman–Crippen MR) is 42.9 cm³/mol. The highest BCUT2D eigenvalue weighted by Gasteiger charge is 2.61. The third-order valence-electron chi connectivity index (χ3n) is 2.76. The summed E-state index contributed by atoms with van der Waals surface area (Å²) >= 11 is 0. The van der Waals surface area contributed by atoms with Gasteiger partial charge in [-0.2, -0.15) is 0 Å². The standard InChI is InChI=1S/C8H15FO4/c1-7(4-10)8(2,11)5(9)6(12-3)13-7/h5-6,10-11H,4H2,1-3H3/t5-,6?,7+,8?/m0/s1.